The van der Waals surface area contributed by atoms with Gasteiger partial charge in [0, 0.05) is 4.91 Å². The average Bonchev–Trinajstić information content (AvgIpc) is 2.45. The molecule has 1 rings (SSSR count). The Kier molecular flexibility index (Phi) is 3.49. The third kappa shape index (κ3) is 2.85. The summed E-state index contributed by atoms with van der Waals surface area (Å²) in [5.41, 5.74) is 7.94. The highest BCUT2D eigenvalue weighted by atomic mass is 35.5. The maximum Gasteiger partial charge on any atom is 0.0941 e. The molecule has 0 saturated carbocycles. The molecule has 0 aliphatic heterocycles. The Balaban J connectivity index is 2.60. The normalized spacial score (nSPS) is 8.08. The predicted octanol–water partition coefficient (Wildman–Crippen LogP) is 3.06. The molecule has 1 aromatic rings. The minimum absolute atomic E-state index is 0.200. The third-order valence-corrected chi connectivity index (χ3v) is 2.14. The fourth-order valence-corrected chi connectivity index (χ4v) is 1.49. The largest absolute Gasteiger partial charge is 0.115 e. The first-order valence-corrected chi connectivity index (χ1v) is 4.27. The minimum atomic E-state index is 0.200. The molecular weight excluding hydrogens is 194 g/mol. The highest BCUT2D eigenvalue weighted by Gasteiger charge is 1.91. The van der Waals surface area contributed by atoms with Gasteiger partial charge in [0.25, 0.3) is 0 Å². The lowest BCUT2D eigenvalue weighted by atomic mass is 10.4. The maximum atomic E-state index is 7.94. The van der Waals surface area contributed by atoms with Crippen molar-refractivity contribution in [2.75, 3.05) is 6.54 Å². The third-order valence-electron chi connectivity index (χ3n) is 0.998. The van der Waals surface area contributed by atoms with E-state index in [0.29, 0.717) is 4.34 Å². The summed E-state index contributed by atoms with van der Waals surface area (Å²) in [6, 6.07) is 3.61. The van der Waals surface area contributed by atoms with Crippen LogP contribution in [0.25, 0.3) is 10.4 Å². The summed E-state index contributed by atoms with van der Waals surface area (Å²) in [5.74, 6) is 5.52. The van der Waals surface area contributed by atoms with E-state index in [1.165, 1.54) is 11.3 Å². The molecule has 0 spiro atoms. The van der Waals surface area contributed by atoms with E-state index in [9.17, 15) is 0 Å². The summed E-state index contributed by atoms with van der Waals surface area (Å²) in [5, 5.41) is 3.27. The maximum absolute atomic E-state index is 7.94. The van der Waals surface area contributed by atoms with Crippen LogP contribution in [-0.4, -0.2) is 6.54 Å². The van der Waals surface area contributed by atoms with Crippen LogP contribution in [0.4, 0.5) is 0 Å². The Morgan fingerprint density at radius 3 is 3.08 bits per heavy atom. The topological polar surface area (TPSA) is 48.8 Å². The van der Waals surface area contributed by atoms with Gasteiger partial charge in [-0.25, -0.2) is 0 Å². The average molecular weight is 198 g/mol. The van der Waals surface area contributed by atoms with Gasteiger partial charge in [0.1, 0.15) is 0 Å². The molecule has 60 valence electrons. The standard InChI is InChI=1S/C7H4ClN3S/c8-7-4-3-6(12-7)2-1-5-10-11-9/h3-4H,5H2. The second-order valence-electron chi connectivity index (χ2n) is 1.79. The summed E-state index contributed by atoms with van der Waals surface area (Å²) in [7, 11) is 0. The monoisotopic (exact) mass is 197 g/mol. The Morgan fingerprint density at radius 2 is 2.50 bits per heavy atom. The first-order chi connectivity index (χ1) is 5.83. The number of hydrogen-bond acceptors (Lipinski definition) is 2. The zero-order valence-electron chi connectivity index (χ0n) is 5.99. The van der Waals surface area contributed by atoms with Crippen LogP contribution in [0.2, 0.25) is 4.34 Å². The molecule has 0 aromatic carbocycles. The van der Waals surface area contributed by atoms with Gasteiger partial charge in [0.2, 0.25) is 0 Å². The van der Waals surface area contributed by atoms with Crippen molar-refractivity contribution in [2.45, 2.75) is 0 Å². The minimum Gasteiger partial charge on any atom is -0.115 e. The molecule has 0 aliphatic rings. The second-order valence-corrected chi connectivity index (χ2v) is 3.51. The number of azide groups is 1. The molecule has 5 heteroatoms. The molecule has 0 fully saturated rings. The Morgan fingerprint density at radius 1 is 1.67 bits per heavy atom. The van der Waals surface area contributed by atoms with Crippen LogP contribution in [0, 0.1) is 11.8 Å². The smallest absolute Gasteiger partial charge is 0.0941 e. The summed E-state index contributed by atoms with van der Waals surface area (Å²) in [4.78, 5) is 3.45. The van der Waals surface area contributed by atoms with Gasteiger partial charge in [0.15, 0.2) is 0 Å². The van der Waals surface area contributed by atoms with Crippen LogP contribution >= 0.6 is 22.9 Å². The molecule has 0 N–H and O–H groups in total. The molecule has 12 heavy (non-hydrogen) atoms. The first-order valence-electron chi connectivity index (χ1n) is 3.08. The van der Waals surface area contributed by atoms with Crippen molar-refractivity contribution in [2.24, 2.45) is 5.11 Å². The molecule has 0 unspecified atom stereocenters. The van der Waals surface area contributed by atoms with Crippen molar-refractivity contribution in [3.05, 3.63) is 31.8 Å². The molecule has 0 saturated heterocycles. The van der Waals surface area contributed by atoms with Gasteiger partial charge >= 0.3 is 0 Å². The van der Waals surface area contributed by atoms with Crippen LogP contribution in [0.3, 0.4) is 0 Å². The Bertz CT molecular complexity index is 367. The van der Waals surface area contributed by atoms with Gasteiger partial charge in [-0.2, -0.15) is 0 Å². The van der Waals surface area contributed by atoms with Crippen molar-refractivity contribution >= 4 is 22.9 Å². The SMILES string of the molecule is [N-]=[N+]=NCC#Cc1ccc(Cl)s1. The van der Waals surface area contributed by atoms with Crippen LogP contribution in [0.15, 0.2) is 17.2 Å². The Labute approximate surface area is 78.6 Å². The van der Waals surface area contributed by atoms with Crippen LogP contribution in [0.5, 0.6) is 0 Å². The lowest BCUT2D eigenvalue weighted by Crippen LogP contribution is -1.67. The quantitative estimate of drug-likeness (QED) is 0.288. The lowest BCUT2D eigenvalue weighted by Gasteiger charge is -1.74. The van der Waals surface area contributed by atoms with E-state index >= 15 is 0 Å². The number of rotatable bonds is 1. The van der Waals surface area contributed by atoms with Gasteiger partial charge in [-0.1, -0.05) is 28.6 Å². The van der Waals surface area contributed by atoms with Gasteiger partial charge in [-0.15, -0.1) is 11.3 Å². The van der Waals surface area contributed by atoms with E-state index in [1.54, 1.807) is 6.07 Å². The fraction of sp³-hybridized carbons (Fsp3) is 0.143. The van der Waals surface area contributed by atoms with Crippen molar-refractivity contribution in [3.8, 4) is 11.8 Å². The second kappa shape index (κ2) is 4.68. The summed E-state index contributed by atoms with van der Waals surface area (Å²) >= 11 is 7.07. The van der Waals surface area contributed by atoms with Gasteiger partial charge in [-0.3, -0.25) is 0 Å². The molecule has 1 heterocycles. The van der Waals surface area contributed by atoms with Crippen molar-refractivity contribution < 1.29 is 0 Å². The molecule has 1 aromatic heterocycles. The highest BCUT2D eigenvalue weighted by molar-refractivity contribution is 7.16. The number of hydrogen-bond donors (Lipinski definition) is 0. The van der Waals surface area contributed by atoms with Crippen molar-refractivity contribution in [1.29, 1.82) is 0 Å². The molecule has 0 aliphatic carbocycles. The molecule has 0 atom stereocenters. The van der Waals surface area contributed by atoms with Crippen LogP contribution in [-0.2, 0) is 0 Å². The fourth-order valence-electron chi connectivity index (χ4n) is 0.575. The zero-order chi connectivity index (χ0) is 8.81. The van der Waals surface area contributed by atoms with Gasteiger partial charge in [-0.05, 0) is 17.7 Å². The molecule has 0 radical (unpaired) electrons. The summed E-state index contributed by atoms with van der Waals surface area (Å²) in [6.07, 6.45) is 0. The van der Waals surface area contributed by atoms with Gasteiger partial charge < -0.3 is 0 Å². The molecule has 0 amide bonds. The van der Waals surface area contributed by atoms with E-state index in [2.05, 4.69) is 21.9 Å². The van der Waals surface area contributed by atoms with Crippen LogP contribution in [0.1, 0.15) is 4.88 Å². The zero-order valence-corrected chi connectivity index (χ0v) is 7.56. The van der Waals surface area contributed by atoms with Crippen LogP contribution < -0.4 is 0 Å². The predicted molar refractivity (Wildman–Crippen MR) is 50.2 cm³/mol. The van der Waals surface area contributed by atoms with E-state index < -0.39 is 0 Å². The van der Waals surface area contributed by atoms with Crippen molar-refractivity contribution in [3.63, 3.8) is 0 Å². The number of thiophene rings is 1. The highest BCUT2D eigenvalue weighted by Crippen LogP contribution is 2.19. The summed E-state index contributed by atoms with van der Waals surface area (Å²) in [6.45, 7) is 0.200. The van der Waals surface area contributed by atoms with Crippen molar-refractivity contribution in [1.82, 2.24) is 0 Å². The number of halogens is 1. The van der Waals surface area contributed by atoms with E-state index in [0.717, 1.165) is 4.88 Å². The van der Waals surface area contributed by atoms with E-state index in [-0.39, 0.29) is 6.54 Å². The van der Waals surface area contributed by atoms with E-state index in [4.69, 9.17) is 17.1 Å². The summed E-state index contributed by atoms with van der Waals surface area (Å²) < 4.78 is 0.711. The van der Waals surface area contributed by atoms with E-state index in [1.807, 2.05) is 6.07 Å². The van der Waals surface area contributed by atoms with Gasteiger partial charge in [0.05, 0.1) is 15.8 Å². The number of nitrogens with zero attached hydrogens (tertiary/aromatic N) is 3. The first kappa shape index (κ1) is 8.95. The molecule has 0 bridgehead atoms. The lowest BCUT2D eigenvalue weighted by molar-refractivity contribution is 1.25. The Hall–Kier alpha value is -1.14. The molecule has 3 nitrogen and oxygen atoms in total. The molecular formula is C7H4ClN3S.